The van der Waals surface area contributed by atoms with E-state index in [1.165, 1.54) is 18.3 Å². The molecule has 1 N–H and O–H groups in total. The predicted octanol–water partition coefficient (Wildman–Crippen LogP) is 4.07. The van der Waals surface area contributed by atoms with Crippen LogP contribution < -0.4 is 5.43 Å². The number of rotatable bonds is 5. The van der Waals surface area contributed by atoms with Gasteiger partial charge in [-0.25, -0.2) is 10.4 Å². The first-order chi connectivity index (χ1) is 14.0. The molecule has 0 radical (unpaired) electrons. The molecule has 0 bridgehead atoms. The summed E-state index contributed by atoms with van der Waals surface area (Å²) in [6.45, 7) is 1.83. The Morgan fingerprint density at radius 3 is 2.72 bits per heavy atom. The summed E-state index contributed by atoms with van der Waals surface area (Å²) in [6.07, 6.45) is 1.19. The summed E-state index contributed by atoms with van der Waals surface area (Å²) in [4.78, 5) is 27.3. The van der Waals surface area contributed by atoms with Gasteiger partial charge in [-0.15, -0.1) is 0 Å². The van der Waals surface area contributed by atoms with Gasteiger partial charge in [-0.05, 0) is 37.3 Å². The normalized spacial score (nSPS) is 11.2. The number of para-hydroxylation sites is 1. The van der Waals surface area contributed by atoms with Crippen LogP contribution in [0.25, 0.3) is 22.4 Å². The van der Waals surface area contributed by atoms with Gasteiger partial charge in [0.15, 0.2) is 11.5 Å². The maximum absolute atomic E-state index is 12.7. The smallest absolute Gasteiger partial charge is 0.433 e. The fourth-order valence-electron chi connectivity index (χ4n) is 2.79. The fraction of sp³-hybridized carbons (Fsp3) is 0.0500. The third kappa shape index (κ3) is 3.74. The van der Waals surface area contributed by atoms with E-state index in [9.17, 15) is 14.9 Å². The molecule has 0 saturated carbocycles. The molecule has 9 heteroatoms. The largest absolute Gasteiger partial charge is 0.460 e. The molecule has 29 heavy (non-hydrogen) atoms. The van der Waals surface area contributed by atoms with Gasteiger partial charge in [-0.2, -0.15) is 5.10 Å². The van der Waals surface area contributed by atoms with E-state index in [2.05, 4.69) is 15.5 Å². The number of benzene rings is 1. The van der Waals surface area contributed by atoms with Crippen LogP contribution in [0.4, 0.5) is 5.88 Å². The Kier molecular flexibility index (Phi) is 4.62. The highest BCUT2D eigenvalue weighted by molar-refractivity contribution is 6.07. The zero-order valence-electron chi connectivity index (χ0n) is 15.2. The van der Waals surface area contributed by atoms with E-state index in [0.29, 0.717) is 27.9 Å². The van der Waals surface area contributed by atoms with Crippen molar-refractivity contribution in [3.63, 3.8) is 0 Å². The van der Waals surface area contributed by atoms with Crippen LogP contribution in [0, 0.1) is 17.0 Å². The van der Waals surface area contributed by atoms with E-state index in [4.69, 9.17) is 8.83 Å². The van der Waals surface area contributed by atoms with E-state index >= 15 is 0 Å². The number of carbonyl (C=O) groups is 1. The number of nitro groups is 1. The average Bonchev–Trinajstić information content (AvgIpc) is 3.36. The number of aryl methyl sites for hydroxylation is 1. The van der Waals surface area contributed by atoms with Gasteiger partial charge in [0.1, 0.15) is 16.4 Å². The van der Waals surface area contributed by atoms with Gasteiger partial charge in [0.25, 0.3) is 5.91 Å². The van der Waals surface area contributed by atoms with Crippen molar-refractivity contribution in [2.45, 2.75) is 6.92 Å². The molecule has 0 unspecified atom stereocenters. The Balaban J connectivity index is 1.63. The minimum atomic E-state index is -0.656. The second-order valence-corrected chi connectivity index (χ2v) is 6.11. The quantitative estimate of drug-likeness (QED) is 0.311. The Morgan fingerprint density at radius 1 is 1.17 bits per heavy atom. The molecular formula is C20H14N4O5. The number of fused-ring (bicyclic) bond motifs is 1. The predicted molar refractivity (Wildman–Crippen MR) is 105 cm³/mol. The number of carbonyl (C=O) groups excluding carboxylic acids is 1. The molecule has 1 aromatic carbocycles. The third-order valence-corrected chi connectivity index (χ3v) is 4.10. The molecule has 144 valence electrons. The van der Waals surface area contributed by atoms with Crippen molar-refractivity contribution >= 4 is 28.9 Å². The molecular weight excluding hydrogens is 376 g/mol. The summed E-state index contributed by atoms with van der Waals surface area (Å²) in [7, 11) is 0. The minimum absolute atomic E-state index is 0.142. The lowest BCUT2D eigenvalue weighted by molar-refractivity contribution is -0.402. The van der Waals surface area contributed by atoms with Crippen LogP contribution in [0.5, 0.6) is 0 Å². The maximum Gasteiger partial charge on any atom is 0.433 e. The molecule has 0 aliphatic heterocycles. The number of nitrogens with zero attached hydrogens (tertiary/aromatic N) is 3. The number of amides is 1. The van der Waals surface area contributed by atoms with Crippen molar-refractivity contribution in [1.29, 1.82) is 0 Å². The van der Waals surface area contributed by atoms with Gasteiger partial charge in [0.05, 0.1) is 23.4 Å². The number of hydrogen-bond donors (Lipinski definition) is 1. The Bertz CT molecular complexity index is 1250. The molecule has 0 saturated heterocycles. The lowest BCUT2D eigenvalue weighted by Gasteiger charge is -2.07. The zero-order chi connectivity index (χ0) is 20.4. The number of aromatic nitrogens is 1. The molecule has 0 aliphatic carbocycles. The SMILES string of the molecule is Cc1ccc(-c2cc(C(=O)N/N=C/c3ccc([N+](=O)[O-])o3)c3ccccc3n2)o1. The standard InChI is InChI=1S/C20H14N4O5/c1-12-6-8-18(28-12)17-10-15(14-4-2-3-5-16(14)22-17)20(25)23-21-11-13-7-9-19(29-13)24(26)27/h2-11H,1H3,(H,23,25)/b21-11+. The van der Waals surface area contributed by atoms with Crippen molar-refractivity contribution in [2.75, 3.05) is 0 Å². The molecule has 9 nitrogen and oxygen atoms in total. The number of hydrazone groups is 1. The summed E-state index contributed by atoms with van der Waals surface area (Å²) in [6, 6.07) is 15.0. The minimum Gasteiger partial charge on any atom is -0.460 e. The van der Waals surface area contributed by atoms with Gasteiger partial charge in [0, 0.05) is 5.39 Å². The third-order valence-electron chi connectivity index (χ3n) is 4.10. The average molecular weight is 390 g/mol. The lowest BCUT2D eigenvalue weighted by atomic mass is 10.1. The van der Waals surface area contributed by atoms with Crippen LogP contribution in [0.3, 0.4) is 0 Å². The molecule has 0 atom stereocenters. The molecule has 3 heterocycles. The molecule has 0 spiro atoms. The topological polar surface area (TPSA) is 124 Å². The first-order valence-corrected chi connectivity index (χ1v) is 8.55. The van der Waals surface area contributed by atoms with Gasteiger partial charge < -0.3 is 8.83 Å². The monoisotopic (exact) mass is 390 g/mol. The van der Waals surface area contributed by atoms with Crippen LogP contribution in [0.15, 0.2) is 68.5 Å². The summed E-state index contributed by atoms with van der Waals surface area (Å²) in [5, 5.41) is 15.1. The van der Waals surface area contributed by atoms with Crippen molar-refractivity contribution in [1.82, 2.24) is 10.4 Å². The highest BCUT2D eigenvalue weighted by Crippen LogP contribution is 2.26. The van der Waals surface area contributed by atoms with Crippen LogP contribution in [-0.4, -0.2) is 22.0 Å². The molecule has 4 aromatic rings. The fourth-order valence-corrected chi connectivity index (χ4v) is 2.79. The van der Waals surface area contributed by atoms with Gasteiger partial charge in [0.2, 0.25) is 0 Å². The summed E-state index contributed by atoms with van der Waals surface area (Å²) in [5.74, 6) is 0.553. The van der Waals surface area contributed by atoms with E-state index in [-0.39, 0.29) is 5.76 Å². The van der Waals surface area contributed by atoms with Gasteiger partial charge in [-0.3, -0.25) is 14.9 Å². The Hall–Kier alpha value is -4.27. The Morgan fingerprint density at radius 2 is 2.00 bits per heavy atom. The highest BCUT2D eigenvalue weighted by Gasteiger charge is 2.15. The van der Waals surface area contributed by atoms with E-state index in [1.54, 1.807) is 24.3 Å². The van der Waals surface area contributed by atoms with Crippen LogP contribution in [-0.2, 0) is 0 Å². The van der Waals surface area contributed by atoms with Gasteiger partial charge in [-0.1, -0.05) is 18.2 Å². The van der Waals surface area contributed by atoms with E-state index in [0.717, 1.165) is 5.76 Å². The second-order valence-electron chi connectivity index (χ2n) is 6.11. The molecule has 0 aliphatic rings. The molecule has 4 rings (SSSR count). The summed E-state index contributed by atoms with van der Waals surface area (Å²) >= 11 is 0. The van der Waals surface area contributed by atoms with E-state index in [1.807, 2.05) is 25.1 Å². The highest BCUT2D eigenvalue weighted by atomic mass is 16.6. The van der Waals surface area contributed by atoms with E-state index < -0.39 is 16.7 Å². The second kappa shape index (κ2) is 7.39. The van der Waals surface area contributed by atoms with Crippen LogP contribution in [0.1, 0.15) is 21.9 Å². The Labute approximate surface area is 163 Å². The molecule has 0 fully saturated rings. The molecule has 1 amide bonds. The first-order valence-electron chi connectivity index (χ1n) is 8.55. The van der Waals surface area contributed by atoms with Crippen molar-refractivity contribution in [2.24, 2.45) is 5.10 Å². The van der Waals surface area contributed by atoms with Crippen molar-refractivity contribution in [3.8, 4) is 11.5 Å². The number of pyridine rings is 1. The first kappa shape index (κ1) is 18.1. The van der Waals surface area contributed by atoms with Crippen molar-refractivity contribution in [3.05, 3.63) is 81.8 Å². The van der Waals surface area contributed by atoms with Crippen molar-refractivity contribution < 1.29 is 18.6 Å². The summed E-state index contributed by atoms with van der Waals surface area (Å²) < 4.78 is 10.6. The summed E-state index contributed by atoms with van der Waals surface area (Å²) in [5.41, 5.74) is 3.92. The number of hydrogen-bond acceptors (Lipinski definition) is 7. The zero-order valence-corrected chi connectivity index (χ0v) is 15.2. The van der Waals surface area contributed by atoms with Crippen LogP contribution in [0.2, 0.25) is 0 Å². The lowest BCUT2D eigenvalue weighted by Crippen LogP contribution is -2.18. The maximum atomic E-state index is 12.7. The van der Waals surface area contributed by atoms with Gasteiger partial charge >= 0.3 is 5.88 Å². The number of nitrogens with one attached hydrogen (secondary N) is 1. The number of furan rings is 2. The van der Waals surface area contributed by atoms with Crippen LogP contribution >= 0.6 is 0 Å². The molecule has 3 aromatic heterocycles.